The van der Waals surface area contributed by atoms with E-state index in [2.05, 4.69) is 15.3 Å². The Kier molecular flexibility index (Phi) is 6.72. The van der Waals surface area contributed by atoms with E-state index in [1.54, 1.807) is 31.3 Å². The average Bonchev–Trinajstić information content (AvgIpc) is 2.84. The van der Waals surface area contributed by atoms with Gasteiger partial charge >= 0.3 is 0 Å². The number of amides is 1. The van der Waals surface area contributed by atoms with Crippen LogP contribution >= 0.6 is 0 Å². The van der Waals surface area contributed by atoms with Crippen LogP contribution in [0.25, 0.3) is 11.3 Å². The van der Waals surface area contributed by atoms with Crippen LogP contribution in [0.5, 0.6) is 11.5 Å². The van der Waals surface area contributed by atoms with Crippen LogP contribution in [0, 0.1) is 11.6 Å². The van der Waals surface area contributed by atoms with E-state index in [1.807, 2.05) is 0 Å². The fraction of sp³-hybridized carbons (Fsp3) is 0.120. The Bertz CT molecular complexity index is 1370. The van der Waals surface area contributed by atoms with Crippen LogP contribution in [0.15, 0.2) is 78.0 Å². The summed E-state index contributed by atoms with van der Waals surface area (Å²) in [5.74, 6) is -0.415. The van der Waals surface area contributed by atoms with E-state index in [4.69, 9.17) is 4.74 Å². The smallest absolute Gasteiger partial charge is 0.294 e. The fourth-order valence-electron chi connectivity index (χ4n) is 3.23. The minimum atomic E-state index is -0.520. The zero-order valence-corrected chi connectivity index (χ0v) is 18.2. The monoisotopic (exact) mass is 462 g/mol. The van der Waals surface area contributed by atoms with E-state index in [1.165, 1.54) is 53.4 Å². The number of rotatable bonds is 7. The molecular formula is C25H20F2N4O3. The highest BCUT2D eigenvalue weighted by Gasteiger charge is 2.15. The molecule has 7 nitrogen and oxygen atoms in total. The molecule has 0 unspecified atom stereocenters. The lowest BCUT2D eigenvalue weighted by Gasteiger charge is -2.15. The van der Waals surface area contributed by atoms with Gasteiger partial charge in [0.1, 0.15) is 23.1 Å². The van der Waals surface area contributed by atoms with Crippen molar-refractivity contribution >= 4 is 11.7 Å². The van der Waals surface area contributed by atoms with E-state index >= 15 is 0 Å². The molecule has 0 fully saturated rings. The Morgan fingerprint density at radius 3 is 2.32 bits per heavy atom. The summed E-state index contributed by atoms with van der Waals surface area (Å²) in [5.41, 5.74) is 1.12. The van der Waals surface area contributed by atoms with Crippen molar-refractivity contribution in [1.82, 2.24) is 14.5 Å². The molecular weight excluding hydrogens is 442 g/mol. The third kappa shape index (κ3) is 5.32. The molecule has 2 aromatic heterocycles. The minimum absolute atomic E-state index is 0.0800. The van der Waals surface area contributed by atoms with Crippen molar-refractivity contribution in [1.29, 1.82) is 0 Å². The summed E-state index contributed by atoms with van der Waals surface area (Å²) in [6.45, 7) is 1.75. The van der Waals surface area contributed by atoms with Crippen molar-refractivity contribution in [3.63, 3.8) is 0 Å². The van der Waals surface area contributed by atoms with Crippen molar-refractivity contribution in [3.8, 4) is 22.8 Å². The van der Waals surface area contributed by atoms with Gasteiger partial charge in [-0.25, -0.2) is 13.8 Å². The Morgan fingerprint density at radius 1 is 0.971 bits per heavy atom. The molecule has 0 aliphatic carbocycles. The first-order chi connectivity index (χ1) is 16.4. The van der Waals surface area contributed by atoms with Gasteiger partial charge in [-0.2, -0.15) is 0 Å². The average molecular weight is 462 g/mol. The first-order valence-corrected chi connectivity index (χ1v) is 10.5. The van der Waals surface area contributed by atoms with Crippen molar-refractivity contribution in [2.45, 2.75) is 19.9 Å². The molecule has 4 rings (SSSR count). The molecule has 0 aliphatic heterocycles. The van der Waals surface area contributed by atoms with Gasteiger partial charge in [0, 0.05) is 18.2 Å². The molecule has 1 N–H and O–H groups in total. The highest BCUT2D eigenvalue weighted by Crippen LogP contribution is 2.23. The summed E-state index contributed by atoms with van der Waals surface area (Å²) in [7, 11) is 0. The molecule has 4 aromatic rings. The number of aromatic nitrogens is 3. The van der Waals surface area contributed by atoms with Crippen molar-refractivity contribution in [3.05, 3.63) is 101 Å². The van der Waals surface area contributed by atoms with E-state index in [9.17, 15) is 18.4 Å². The highest BCUT2D eigenvalue weighted by molar-refractivity contribution is 5.89. The molecule has 0 saturated heterocycles. The number of ether oxygens (including phenoxy) is 1. The number of carbonyl (C=O) groups is 1. The number of nitrogens with one attached hydrogen (secondary N) is 1. The SMILES string of the molecule is CCC(=O)Nc1ncc(-c2ccc(F)cc2)n(Cc2cncc(Oc3ccc(F)cc3)c2)c1=O. The first-order valence-electron chi connectivity index (χ1n) is 10.5. The number of nitrogens with zero attached hydrogens (tertiary/aromatic N) is 3. The van der Waals surface area contributed by atoms with Crippen molar-refractivity contribution in [2.24, 2.45) is 0 Å². The van der Waals surface area contributed by atoms with Gasteiger partial charge in [0.2, 0.25) is 5.91 Å². The Hall–Kier alpha value is -4.40. The topological polar surface area (TPSA) is 86.1 Å². The van der Waals surface area contributed by atoms with Gasteiger partial charge in [0.15, 0.2) is 5.82 Å². The quantitative estimate of drug-likeness (QED) is 0.428. The molecule has 34 heavy (non-hydrogen) atoms. The molecule has 0 aliphatic rings. The normalized spacial score (nSPS) is 10.7. The summed E-state index contributed by atoms with van der Waals surface area (Å²) in [5, 5.41) is 2.51. The summed E-state index contributed by atoms with van der Waals surface area (Å²) in [6, 6.07) is 12.9. The minimum Gasteiger partial charge on any atom is -0.456 e. The van der Waals surface area contributed by atoms with Crippen LogP contribution in [0.1, 0.15) is 18.9 Å². The molecule has 1 amide bonds. The van der Waals surface area contributed by atoms with E-state index in [-0.39, 0.29) is 30.5 Å². The molecule has 0 spiro atoms. The van der Waals surface area contributed by atoms with E-state index in [0.29, 0.717) is 28.3 Å². The number of anilines is 1. The lowest BCUT2D eigenvalue weighted by Crippen LogP contribution is -2.28. The van der Waals surface area contributed by atoms with Gasteiger partial charge in [0.05, 0.1) is 24.6 Å². The molecule has 9 heteroatoms. The summed E-state index contributed by atoms with van der Waals surface area (Å²) < 4.78 is 33.8. The van der Waals surface area contributed by atoms with Gasteiger partial charge in [-0.15, -0.1) is 0 Å². The first kappa shape index (κ1) is 22.8. The molecule has 2 aromatic carbocycles. The molecule has 2 heterocycles. The molecule has 0 radical (unpaired) electrons. The zero-order chi connectivity index (χ0) is 24.1. The number of hydrogen-bond acceptors (Lipinski definition) is 5. The lowest BCUT2D eigenvalue weighted by atomic mass is 10.1. The van der Waals surface area contributed by atoms with Gasteiger partial charge in [-0.05, 0) is 60.2 Å². The molecule has 0 atom stereocenters. The van der Waals surface area contributed by atoms with Gasteiger partial charge < -0.3 is 10.1 Å². The lowest BCUT2D eigenvalue weighted by molar-refractivity contribution is -0.115. The van der Waals surface area contributed by atoms with Crippen LogP contribution in [-0.4, -0.2) is 20.4 Å². The van der Waals surface area contributed by atoms with Gasteiger partial charge in [-0.3, -0.25) is 19.1 Å². The second-order valence-electron chi connectivity index (χ2n) is 7.38. The van der Waals surface area contributed by atoms with Crippen LogP contribution in [0.4, 0.5) is 14.6 Å². The number of halogens is 2. The van der Waals surface area contributed by atoms with E-state index in [0.717, 1.165) is 0 Å². The maximum absolute atomic E-state index is 13.4. The van der Waals surface area contributed by atoms with Crippen LogP contribution in [0.2, 0.25) is 0 Å². The molecule has 0 saturated carbocycles. The largest absolute Gasteiger partial charge is 0.456 e. The second-order valence-corrected chi connectivity index (χ2v) is 7.38. The van der Waals surface area contributed by atoms with Crippen molar-refractivity contribution in [2.75, 3.05) is 5.32 Å². The fourth-order valence-corrected chi connectivity index (χ4v) is 3.23. The third-order valence-electron chi connectivity index (χ3n) is 4.93. The number of carbonyl (C=O) groups excluding carboxylic acids is 1. The molecule has 172 valence electrons. The maximum atomic E-state index is 13.4. The third-order valence-corrected chi connectivity index (χ3v) is 4.93. The highest BCUT2D eigenvalue weighted by atomic mass is 19.1. The predicted molar refractivity (Wildman–Crippen MR) is 123 cm³/mol. The standard InChI is InChI=1S/C25H20F2N4O3/c1-2-23(32)30-24-25(33)31(22(14-29-24)17-3-5-18(26)6-4-17)15-16-11-21(13-28-12-16)34-20-9-7-19(27)8-10-20/h3-14H,2,15H2,1H3,(H,29,30,32). The summed E-state index contributed by atoms with van der Waals surface area (Å²) in [4.78, 5) is 33.4. The van der Waals surface area contributed by atoms with E-state index < -0.39 is 11.4 Å². The Labute approximate surface area is 193 Å². The van der Waals surface area contributed by atoms with Crippen molar-refractivity contribution < 1.29 is 18.3 Å². The Balaban J connectivity index is 1.71. The number of hydrogen-bond donors (Lipinski definition) is 1. The predicted octanol–water partition coefficient (Wildman–Crippen LogP) is 4.77. The maximum Gasteiger partial charge on any atom is 0.294 e. The number of pyridine rings is 1. The Morgan fingerprint density at radius 2 is 1.65 bits per heavy atom. The summed E-state index contributed by atoms with van der Waals surface area (Å²) in [6.07, 6.45) is 4.71. The van der Waals surface area contributed by atoms with Crippen LogP contribution in [0.3, 0.4) is 0 Å². The van der Waals surface area contributed by atoms with Crippen LogP contribution in [-0.2, 0) is 11.3 Å². The van der Waals surface area contributed by atoms with Crippen LogP contribution < -0.4 is 15.6 Å². The summed E-state index contributed by atoms with van der Waals surface area (Å²) >= 11 is 0. The van der Waals surface area contributed by atoms with Gasteiger partial charge in [-0.1, -0.05) is 6.92 Å². The zero-order valence-electron chi connectivity index (χ0n) is 18.2. The van der Waals surface area contributed by atoms with Gasteiger partial charge in [0.25, 0.3) is 5.56 Å². The molecule has 0 bridgehead atoms. The number of benzene rings is 2. The second kappa shape index (κ2) is 10.0.